The largest absolute Gasteiger partial charge is 0.333 e. The molecule has 2 heterocycles. The van der Waals surface area contributed by atoms with E-state index in [-0.39, 0.29) is 29.9 Å². The monoisotopic (exact) mass is 397 g/mol. The molecule has 4 rings (SSSR count). The van der Waals surface area contributed by atoms with Gasteiger partial charge in [0.1, 0.15) is 16.5 Å². The number of halogens is 2. The smallest absolute Gasteiger partial charge is 0.270 e. The summed E-state index contributed by atoms with van der Waals surface area (Å²) >= 11 is 1.34. The molecule has 2 aromatic heterocycles. The number of rotatable bonds is 5. The number of aromatic nitrogens is 2. The van der Waals surface area contributed by atoms with Crippen LogP contribution in [0.1, 0.15) is 5.56 Å². The van der Waals surface area contributed by atoms with Crippen molar-refractivity contribution >= 4 is 22.9 Å². The SMILES string of the molecule is O=C(Cc1ccc(F)cc1)Nc1ccsc1-c1nc(-c2ccc(F)cc2)no1. The Morgan fingerprint density at radius 1 is 1.00 bits per heavy atom. The molecule has 0 saturated heterocycles. The predicted octanol–water partition coefficient (Wildman–Crippen LogP) is 4.92. The number of hydrogen-bond donors (Lipinski definition) is 1. The van der Waals surface area contributed by atoms with E-state index < -0.39 is 0 Å². The first kappa shape index (κ1) is 18.0. The zero-order valence-electron chi connectivity index (χ0n) is 14.4. The molecule has 0 radical (unpaired) electrons. The van der Waals surface area contributed by atoms with Crippen LogP contribution in [-0.4, -0.2) is 16.0 Å². The first-order valence-electron chi connectivity index (χ1n) is 8.30. The summed E-state index contributed by atoms with van der Waals surface area (Å²) in [7, 11) is 0. The molecule has 0 unspecified atom stereocenters. The fourth-order valence-corrected chi connectivity index (χ4v) is 3.36. The number of nitrogens with one attached hydrogen (secondary N) is 1. The highest BCUT2D eigenvalue weighted by Gasteiger charge is 2.17. The van der Waals surface area contributed by atoms with Gasteiger partial charge in [0.15, 0.2) is 0 Å². The number of amides is 1. The fraction of sp³-hybridized carbons (Fsp3) is 0.0500. The zero-order chi connectivity index (χ0) is 19.5. The molecule has 8 heteroatoms. The van der Waals surface area contributed by atoms with E-state index in [1.165, 1.54) is 35.6 Å². The van der Waals surface area contributed by atoms with Crippen molar-refractivity contribution in [1.29, 1.82) is 0 Å². The second kappa shape index (κ2) is 7.69. The van der Waals surface area contributed by atoms with Crippen LogP contribution in [0.2, 0.25) is 0 Å². The molecule has 2 aromatic carbocycles. The quantitative estimate of drug-likeness (QED) is 0.519. The number of thiophene rings is 1. The van der Waals surface area contributed by atoms with Crippen molar-refractivity contribution in [1.82, 2.24) is 10.1 Å². The Hall–Kier alpha value is -3.39. The van der Waals surface area contributed by atoms with E-state index in [9.17, 15) is 13.6 Å². The second-order valence-electron chi connectivity index (χ2n) is 5.94. The van der Waals surface area contributed by atoms with Gasteiger partial charge < -0.3 is 9.84 Å². The van der Waals surface area contributed by atoms with Crippen molar-refractivity contribution in [3.8, 4) is 22.2 Å². The lowest BCUT2D eigenvalue weighted by Gasteiger charge is -2.05. The van der Waals surface area contributed by atoms with Crippen LogP contribution in [0.15, 0.2) is 64.5 Å². The molecule has 5 nitrogen and oxygen atoms in total. The standard InChI is InChI=1S/C20H13F2N3O2S/c21-14-5-1-12(2-6-14)11-17(26)23-16-9-10-28-18(16)20-24-19(25-27-20)13-3-7-15(22)8-4-13/h1-10H,11H2,(H,23,26). The average molecular weight is 397 g/mol. The van der Waals surface area contributed by atoms with Crippen molar-refractivity contribution in [2.75, 3.05) is 5.32 Å². The molecule has 1 N–H and O–H groups in total. The van der Waals surface area contributed by atoms with Gasteiger partial charge in [-0.25, -0.2) is 8.78 Å². The molecular formula is C20H13F2N3O2S. The summed E-state index contributed by atoms with van der Waals surface area (Å²) in [5, 5.41) is 8.52. The molecule has 1 amide bonds. The molecule has 0 saturated carbocycles. The molecule has 140 valence electrons. The highest BCUT2D eigenvalue weighted by atomic mass is 32.1. The Morgan fingerprint density at radius 2 is 1.68 bits per heavy atom. The molecule has 0 atom stereocenters. The van der Waals surface area contributed by atoms with E-state index in [4.69, 9.17) is 4.52 Å². The van der Waals surface area contributed by atoms with Crippen molar-refractivity contribution < 1.29 is 18.1 Å². The van der Waals surface area contributed by atoms with Gasteiger partial charge in [-0.1, -0.05) is 17.3 Å². The minimum Gasteiger partial charge on any atom is -0.333 e. The van der Waals surface area contributed by atoms with E-state index in [1.54, 1.807) is 35.7 Å². The van der Waals surface area contributed by atoms with E-state index in [2.05, 4.69) is 15.5 Å². The Kier molecular flexibility index (Phi) is 4.94. The van der Waals surface area contributed by atoms with Gasteiger partial charge in [0, 0.05) is 5.56 Å². The first-order chi connectivity index (χ1) is 13.6. The third-order valence-corrected chi connectivity index (χ3v) is 4.84. The number of hydrogen-bond acceptors (Lipinski definition) is 5. The van der Waals surface area contributed by atoms with Crippen molar-refractivity contribution in [3.63, 3.8) is 0 Å². The van der Waals surface area contributed by atoms with Crippen LogP contribution < -0.4 is 5.32 Å². The maximum atomic E-state index is 13.1. The molecule has 0 aliphatic heterocycles. The Bertz CT molecular complexity index is 1110. The number of carbonyl (C=O) groups is 1. The number of carbonyl (C=O) groups excluding carboxylic acids is 1. The molecule has 0 aliphatic rings. The fourth-order valence-electron chi connectivity index (χ4n) is 2.59. The van der Waals surface area contributed by atoms with Gasteiger partial charge >= 0.3 is 0 Å². The van der Waals surface area contributed by atoms with Crippen LogP contribution >= 0.6 is 11.3 Å². The van der Waals surface area contributed by atoms with Gasteiger partial charge in [0.25, 0.3) is 5.89 Å². The highest BCUT2D eigenvalue weighted by molar-refractivity contribution is 7.14. The summed E-state index contributed by atoms with van der Waals surface area (Å²) in [4.78, 5) is 17.3. The highest BCUT2D eigenvalue weighted by Crippen LogP contribution is 2.33. The third-order valence-electron chi connectivity index (χ3n) is 3.94. The van der Waals surface area contributed by atoms with E-state index in [0.29, 0.717) is 27.5 Å². The Morgan fingerprint density at radius 3 is 2.39 bits per heavy atom. The van der Waals surface area contributed by atoms with Crippen LogP contribution in [0.25, 0.3) is 22.2 Å². The van der Waals surface area contributed by atoms with Crippen molar-refractivity contribution in [2.24, 2.45) is 0 Å². The zero-order valence-corrected chi connectivity index (χ0v) is 15.2. The minimum atomic E-state index is -0.350. The van der Waals surface area contributed by atoms with Crippen LogP contribution in [0.4, 0.5) is 14.5 Å². The van der Waals surface area contributed by atoms with Gasteiger partial charge in [-0.15, -0.1) is 11.3 Å². The predicted molar refractivity (Wildman–Crippen MR) is 102 cm³/mol. The minimum absolute atomic E-state index is 0.111. The van der Waals surface area contributed by atoms with E-state index >= 15 is 0 Å². The van der Waals surface area contributed by atoms with Crippen LogP contribution in [-0.2, 0) is 11.2 Å². The maximum absolute atomic E-state index is 13.1. The number of nitrogens with zero attached hydrogens (tertiary/aromatic N) is 2. The average Bonchev–Trinajstić information content (AvgIpc) is 3.33. The first-order valence-corrected chi connectivity index (χ1v) is 9.18. The summed E-state index contributed by atoms with van der Waals surface area (Å²) < 4.78 is 31.3. The maximum Gasteiger partial charge on any atom is 0.270 e. The van der Waals surface area contributed by atoms with Crippen LogP contribution in [0.5, 0.6) is 0 Å². The molecule has 4 aromatic rings. The summed E-state index contributed by atoms with van der Waals surface area (Å²) in [6, 6.07) is 13.3. The molecule has 0 bridgehead atoms. The van der Waals surface area contributed by atoms with Crippen molar-refractivity contribution in [2.45, 2.75) is 6.42 Å². The normalized spacial score (nSPS) is 10.8. The Balaban J connectivity index is 1.50. The topological polar surface area (TPSA) is 68.0 Å². The van der Waals surface area contributed by atoms with Crippen LogP contribution in [0, 0.1) is 11.6 Å². The van der Waals surface area contributed by atoms with Gasteiger partial charge in [-0.05, 0) is 53.4 Å². The van der Waals surface area contributed by atoms with Gasteiger partial charge in [-0.3, -0.25) is 4.79 Å². The van der Waals surface area contributed by atoms with Gasteiger partial charge in [-0.2, -0.15) is 4.98 Å². The lowest BCUT2D eigenvalue weighted by atomic mass is 10.1. The Labute approximate surface area is 162 Å². The number of anilines is 1. The van der Waals surface area contributed by atoms with Crippen molar-refractivity contribution in [3.05, 3.63) is 77.2 Å². The van der Waals surface area contributed by atoms with E-state index in [0.717, 1.165) is 0 Å². The molecule has 0 aliphatic carbocycles. The van der Waals surface area contributed by atoms with Gasteiger partial charge in [0.05, 0.1) is 12.1 Å². The molecule has 0 fully saturated rings. The lowest BCUT2D eigenvalue weighted by molar-refractivity contribution is -0.115. The number of benzene rings is 2. The third kappa shape index (κ3) is 3.96. The molecule has 0 spiro atoms. The van der Waals surface area contributed by atoms with E-state index in [1.807, 2.05) is 0 Å². The lowest BCUT2D eigenvalue weighted by Crippen LogP contribution is -2.14. The second-order valence-corrected chi connectivity index (χ2v) is 6.86. The molecule has 28 heavy (non-hydrogen) atoms. The summed E-state index contributed by atoms with van der Waals surface area (Å²) in [6.45, 7) is 0. The summed E-state index contributed by atoms with van der Waals surface area (Å²) in [5.74, 6) is -0.363. The van der Waals surface area contributed by atoms with Crippen LogP contribution in [0.3, 0.4) is 0 Å². The van der Waals surface area contributed by atoms with Gasteiger partial charge in [0.2, 0.25) is 11.7 Å². The summed E-state index contributed by atoms with van der Waals surface area (Å²) in [6.07, 6.45) is 0.111. The molecular weight excluding hydrogens is 384 g/mol. The summed E-state index contributed by atoms with van der Waals surface area (Å²) in [5.41, 5.74) is 1.87.